The summed E-state index contributed by atoms with van der Waals surface area (Å²) in [6, 6.07) is 1.72. The minimum atomic E-state index is -4.62. The molecule has 0 fully saturated rings. The monoisotopic (exact) mass is 374 g/mol. The van der Waals surface area contributed by atoms with Crippen LogP contribution in [-0.2, 0) is 19.1 Å². The van der Waals surface area contributed by atoms with Crippen molar-refractivity contribution >= 4 is 23.4 Å². The van der Waals surface area contributed by atoms with E-state index in [1.54, 1.807) is 0 Å². The summed E-state index contributed by atoms with van der Waals surface area (Å²) >= 11 is 5.60. The summed E-state index contributed by atoms with van der Waals surface area (Å²) in [5.41, 5.74) is 0.403. The van der Waals surface area contributed by atoms with E-state index in [1.165, 1.54) is 17.2 Å². The molecule has 3 rings (SSSR count). The quantitative estimate of drug-likeness (QED) is 0.609. The van der Waals surface area contributed by atoms with Crippen LogP contribution in [-0.4, -0.2) is 27.4 Å². The van der Waals surface area contributed by atoms with Crippen molar-refractivity contribution in [3.05, 3.63) is 52.2 Å². The van der Waals surface area contributed by atoms with Gasteiger partial charge in [-0.2, -0.15) is 17.6 Å². The summed E-state index contributed by atoms with van der Waals surface area (Å²) in [5, 5.41) is 1.85. The summed E-state index contributed by atoms with van der Waals surface area (Å²) in [5.74, 6) is -0.675. The average molecular weight is 375 g/mol. The number of urea groups is 1. The lowest BCUT2D eigenvalue weighted by molar-refractivity contribution is -0.137. The lowest BCUT2D eigenvalue weighted by Gasteiger charge is -2.28. The molecule has 0 aliphatic carbocycles. The maximum Gasteiger partial charge on any atom is 0.419 e. The van der Waals surface area contributed by atoms with E-state index in [0.29, 0.717) is 24.7 Å². The lowest BCUT2D eigenvalue weighted by Crippen LogP contribution is -2.39. The van der Waals surface area contributed by atoms with E-state index in [-0.39, 0.29) is 12.4 Å². The zero-order chi connectivity index (χ0) is 18.2. The Bertz CT molecular complexity index is 828. The maximum atomic E-state index is 13.1. The van der Waals surface area contributed by atoms with Gasteiger partial charge in [0, 0.05) is 31.5 Å². The molecule has 1 aliphatic heterocycles. The third-order valence-electron chi connectivity index (χ3n) is 3.74. The molecule has 1 N–H and O–H groups in total. The number of pyridine rings is 2. The van der Waals surface area contributed by atoms with Gasteiger partial charge < -0.3 is 4.90 Å². The highest BCUT2D eigenvalue weighted by Crippen LogP contribution is 2.34. The predicted octanol–water partition coefficient (Wildman–Crippen LogP) is 3.88. The van der Waals surface area contributed by atoms with Crippen LogP contribution < -0.4 is 5.32 Å². The number of alkyl halides is 3. The van der Waals surface area contributed by atoms with Crippen LogP contribution in [0, 0.1) is 5.95 Å². The first-order chi connectivity index (χ1) is 11.7. The van der Waals surface area contributed by atoms with E-state index in [2.05, 4.69) is 15.3 Å². The number of rotatable bonds is 1. The van der Waals surface area contributed by atoms with E-state index in [1.807, 2.05) is 0 Å². The predicted molar refractivity (Wildman–Crippen MR) is 81.6 cm³/mol. The molecule has 5 nitrogen and oxygen atoms in total. The first kappa shape index (κ1) is 17.4. The molecule has 10 heteroatoms. The first-order valence-corrected chi connectivity index (χ1v) is 7.54. The largest absolute Gasteiger partial charge is 0.419 e. The number of aromatic nitrogens is 2. The average Bonchev–Trinajstić information content (AvgIpc) is 2.53. The lowest BCUT2D eigenvalue weighted by atomic mass is 10.0. The second kappa shape index (κ2) is 6.47. The molecule has 1 aliphatic rings. The van der Waals surface area contributed by atoms with Crippen LogP contribution in [0.15, 0.2) is 24.5 Å². The van der Waals surface area contributed by atoms with Gasteiger partial charge in [-0.05, 0) is 23.6 Å². The normalized spacial score (nSPS) is 14.2. The highest BCUT2D eigenvalue weighted by molar-refractivity contribution is 6.31. The molecule has 3 heterocycles. The summed E-state index contributed by atoms with van der Waals surface area (Å²) < 4.78 is 51.0. The number of fused-ring (bicyclic) bond motifs is 1. The van der Waals surface area contributed by atoms with Crippen LogP contribution in [0.5, 0.6) is 0 Å². The Balaban J connectivity index is 1.71. The fraction of sp³-hybridized carbons (Fsp3) is 0.267. The molecule has 0 radical (unpaired) electrons. The molecule has 0 unspecified atom stereocenters. The van der Waals surface area contributed by atoms with E-state index in [4.69, 9.17) is 11.6 Å². The Labute approximate surface area is 144 Å². The summed E-state index contributed by atoms with van der Waals surface area (Å²) in [6.45, 7) is 0.541. The van der Waals surface area contributed by atoms with Crippen molar-refractivity contribution in [2.75, 3.05) is 11.9 Å². The highest BCUT2D eigenvalue weighted by atomic mass is 35.5. The van der Waals surface area contributed by atoms with E-state index >= 15 is 0 Å². The Morgan fingerprint density at radius 1 is 1.20 bits per heavy atom. The zero-order valence-corrected chi connectivity index (χ0v) is 13.3. The van der Waals surface area contributed by atoms with Crippen LogP contribution in [0.1, 0.15) is 16.7 Å². The second-order valence-corrected chi connectivity index (χ2v) is 5.83. The van der Waals surface area contributed by atoms with Crippen molar-refractivity contribution < 1.29 is 22.4 Å². The first-order valence-electron chi connectivity index (χ1n) is 7.16. The third-order valence-corrected chi connectivity index (χ3v) is 4.06. The highest BCUT2D eigenvalue weighted by Gasteiger charge is 2.34. The van der Waals surface area contributed by atoms with Crippen molar-refractivity contribution in [1.29, 1.82) is 0 Å². The number of carbonyl (C=O) groups is 1. The van der Waals surface area contributed by atoms with Gasteiger partial charge in [-0.3, -0.25) is 5.32 Å². The molecular formula is C15H11ClF4N4O. The number of carbonyl (C=O) groups excluding carboxylic acids is 1. The molecule has 2 aromatic rings. The van der Waals surface area contributed by atoms with Gasteiger partial charge >= 0.3 is 12.2 Å². The Morgan fingerprint density at radius 2 is 1.96 bits per heavy atom. The van der Waals surface area contributed by atoms with Crippen LogP contribution in [0.3, 0.4) is 0 Å². The molecule has 0 saturated heterocycles. The molecular weight excluding hydrogens is 364 g/mol. The Morgan fingerprint density at radius 3 is 2.64 bits per heavy atom. The van der Waals surface area contributed by atoms with Crippen LogP contribution in [0.25, 0.3) is 0 Å². The van der Waals surface area contributed by atoms with Crippen molar-refractivity contribution in [3.8, 4) is 0 Å². The number of amides is 2. The van der Waals surface area contributed by atoms with Gasteiger partial charge in [-0.1, -0.05) is 11.6 Å². The second-order valence-electron chi connectivity index (χ2n) is 5.42. The number of nitrogens with one attached hydrogen (secondary N) is 1. The summed E-state index contributed by atoms with van der Waals surface area (Å²) in [7, 11) is 0. The van der Waals surface area contributed by atoms with Crippen molar-refractivity contribution in [2.24, 2.45) is 0 Å². The molecule has 0 saturated carbocycles. The van der Waals surface area contributed by atoms with Gasteiger partial charge in [0.15, 0.2) is 0 Å². The fourth-order valence-corrected chi connectivity index (χ4v) is 2.74. The molecule has 132 valence electrons. The number of hydrogen-bond donors (Lipinski definition) is 1. The van der Waals surface area contributed by atoms with E-state index in [9.17, 15) is 22.4 Å². The van der Waals surface area contributed by atoms with Gasteiger partial charge in [-0.25, -0.2) is 14.8 Å². The third kappa shape index (κ3) is 3.81. The molecule has 0 atom stereocenters. The minimum absolute atomic E-state index is 0.0916. The summed E-state index contributed by atoms with van der Waals surface area (Å²) in [4.78, 5) is 20.8. The number of nitrogens with zero attached hydrogens (tertiary/aromatic N) is 3. The maximum absolute atomic E-state index is 13.1. The zero-order valence-electron chi connectivity index (χ0n) is 12.6. The van der Waals surface area contributed by atoms with Crippen molar-refractivity contribution in [1.82, 2.24) is 14.9 Å². The Kier molecular flexibility index (Phi) is 4.51. The minimum Gasteiger partial charge on any atom is -0.320 e. The van der Waals surface area contributed by atoms with Crippen molar-refractivity contribution in [2.45, 2.75) is 19.1 Å². The van der Waals surface area contributed by atoms with Gasteiger partial charge in [-0.15, -0.1) is 0 Å². The Hall–Kier alpha value is -2.42. The number of halogens is 5. The molecule has 0 spiro atoms. The molecule has 0 bridgehead atoms. The van der Waals surface area contributed by atoms with Gasteiger partial charge in [0.05, 0.1) is 10.6 Å². The van der Waals surface area contributed by atoms with Gasteiger partial charge in [0.2, 0.25) is 5.95 Å². The number of anilines is 1. The molecule has 2 amide bonds. The molecule has 2 aromatic heterocycles. The SMILES string of the molecule is O=C(Nc1cc(Cl)c(C(F)(F)F)cn1)N1CCc2cc(F)ncc2C1. The van der Waals surface area contributed by atoms with E-state index < -0.39 is 28.7 Å². The fourth-order valence-electron chi connectivity index (χ4n) is 2.48. The van der Waals surface area contributed by atoms with Crippen LogP contribution >= 0.6 is 11.6 Å². The standard InChI is InChI=1S/C15H11ClF4N4O/c16-11-4-13(22-6-10(11)15(18,19)20)23-14(25)24-2-1-8-3-12(17)21-5-9(8)7-24/h3-6H,1-2,7H2,(H,22,23,25). The number of hydrogen-bond acceptors (Lipinski definition) is 3. The molecule has 0 aromatic carbocycles. The van der Waals surface area contributed by atoms with Gasteiger partial charge in [0.25, 0.3) is 0 Å². The van der Waals surface area contributed by atoms with Crippen LogP contribution in [0.4, 0.5) is 28.2 Å². The van der Waals surface area contributed by atoms with Gasteiger partial charge in [0.1, 0.15) is 5.82 Å². The molecule has 25 heavy (non-hydrogen) atoms. The van der Waals surface area contributed by atoms with E-state index in [0.717, 1.165) is 11.6 Å². The smallest absolute Gasteiger partial charge is 0.320 e. The van der Waals surface area contributed by atoms with Crippen molar-refractivity contribution in [3.63, 3.8) is 0 Å². The van der Waals surface area contributed by atoms with Crippen LogP contribution in [0.2, 0.25) is 5.02 Å². The summed E-state index contributed by atoms with van der Waals surface area (Å²) in [6.07, 6.45) is -2.25. The topological polar surface area (TPSA) is 58.1 Å².